The van der Waals surface area contributed by atoms with E-state index < -0.39 is 11.4 Å². The maximum atomic E-state index is 13.4. The Morgan fingerprint density at radius 2 is 1.83 bits per heavy atom. The van der Waals surface area contributed by atoms with Crippen LogP contribution in [0.2, 0.25) is 10.0 Å². The Labute approximate surface area is 146 Å². The van der Waals surface area contributed by atoms with Gasteiger partial charge >= 0.3 is 0 Å². The first-order chi connectivity index (χ1) is 11.5. The third-order valence-corrected chi connectivity index (χ3v) is 4.07. The lowest BCUT2D eigenvalue weighted by Crippen LogP contribution is -2.25. The summed E-state index contributed by atoms with van der Waals surface area (Å²) >= 11 is 11.9. The number of hydrogen-bond acceptors (Lipinski definition) is 3. The predicted molar refractivity (Wildman–Crippen MR) is 90.6 cm³/mol. The van der Waals surface area contributed by atoms with Crippen LogP contribution in [0.5, 0.6) is 0 Å². The monoisotopic (exact) mass is 362 g/mol. The van der Waals surface area contributed by atoms with Crippen LogP contribution in [0.25, 0.3) is 16.9 Å². The Morgan fingerprint density at radius 1 is 1.04 bits per heavy atom. The van der Waals surface area contributed by atoms with Gasteiger partial charge in [-0.25, -0.2) is 4.39 Å². The molecule has 24 heavy (non-hydrogen) atoms. The summed E-state index contributed by atoms with van der Waals surface area (Å²) in [6, 6.07) is 11.5. The molecule has 0 bridgehead atoms. The minimum atomic E-state index is -0.639. The smallest absolute Gasteiger partial charge is 0.282 e. The summed E-state index contributed by atoms with van der Waals surface area (Å²) in [6.45, 7) is 0. The Kier molecular flexibility index (Phi) is 4.46. The Bertz CT molecular complexity index is 1000. The van der Waals surface area contributed by atoms with Crippen molar-refractivity contribution in [3.63, 3.8) is 0 Å². The Hall–Kier alpha value is -2.50. The van der Waals surface area contributed by atoms with Gasteiger partial charge in [0.2, 0.25) is 0 Å². The molecule has 0 amide bonds. The average Bonchev–Trinajstić information content (AvgIpc) is 2.57. The fourth-order valence-corrected chi connectivity index (χ4v) is 2.48. The zero-order chi connectivity index (χ0) is 17.3. The lowest BCUT2D eigenvalue weighted by molar-refractivity contribution is 0.112. The average molecular weight is 363 g/mol. The molecule has 3 aromatic rings. The van der Waals surface area contributed by atoms with Crippen LogP contribution in [0.4, 0.5) is 4.39 Å². The van der Waals surface area contributed by atoms with Gasteiger partial charge in [-0.3, -0.25) is 9.59 Å². The van der Waals surface area contributed by atoms with Crippen LogP contribution in [0, 0.1) is 5.82 Å². The molecule has 0 spiro atoms. The Morgan fingerprint density at radius 3 is 2.50 bits per heavy atom. The summed E-state index contributed by atoms with van der Waals surface area (Å²) in [7, 11) is 0. The van der Waals surface area contributed by atoms with Gasteiger partial charge in [0, 0.05) is 5.56 Å². The molecule has 120 valence electrons. The number of carbonyl (C=O) groups is 1. The van der Waals surface area contributed by atoms with Crippen LogP contribution >= 0.6 is 23.2 Å². The molecule has 0 saturated heterocycles. The number of rotatable bonds is 3. The van der Waals surface area contributed by atoms with Crippen molar-refractivity contribution in [2.45, 2.75) is 0 Å². The third kappa shape index (κ3) is 3.09. The molecular formula is C17H9Cl2FN2O2. The van der Waals surface area contributed by atoms with Crippen LogP contribution in [-0.2, 0) is 0 Å². The van der Waals surface area contributed by atoms with Gasteiger partial charge in [-0.2, -0.15) is 9.78 Å². The van der Waals surface area contributed by atoms with Gasteiger partial charge in [-0.05, 0) is 36.4 Å². The molecule has 0 saturated carbocycles. The number of halogens is 3. The molecule has 0 aliphatic rings. The fraction of sp³-hybridized carbons (Fsp3) is 0. The summed E-state index contributed by atoms with van der Waals surface area (Å²) in [5.74, 6) is -0.520. The first-order valence-corrected chi connectivity index (χ1v) is 7.56. The molecule has 0 aliphatic heterocycles. The second-order valence-electron chi connectivity index (χ2n) is 4.93. The molecule has 0 unspecified atom stereocenters. The van der Waals surface area contributed by atoms with Crippen LogP contribution in [0.1, 0.15) is 10.4 Å². The highest BCUT2D eigenvalue weighted by Crippen LogP contribution is 2.27. The maximum Gasteiger partial charge on any atom is 0.282 e. The first kappa shape index (κ1) is 16.4. The third-order valence-electron chi connectivity index (χ3n) is 3.33. The van der Waals surface area contributed by atoms with Crippen LogP contribution in [0.3, 0.4) is 0 Å². The highest BCUT2D eigenvalue weighted by Gasteiger charge is 2.12. The predicted octanol–water partition coefficient (Wildman–Crippen LogP) is 4.16. The lowest BCUT2D eigenvalue weighted by Gasteiger charge is -2.09. The van der Waals surface area contributed by atoms with Crippen molar-refractivity contribution >= 4 is 29.5 Å². The van der Waals surface area contributed by atoms with Gasteiger partial charge in [0.15, 0.2) is 6.29 Å². The van der Waals surface area contributed by atoms with E-state index in [1.165, 1.54) is 24.3 Å². The largest absolute Gasteiger partial charge is 0.298 e. The zero-order valence-electron chi connectivity index (χ0n) is 12.0. The first-order valence-electron chi connectivity index (χ1n) is 6.80. The van der Waals surface area contributed by atoms with Gasteiger partial charge in [0.1, 0.15) is 5.82 Å². The van der Waals surface area contributed by atoms with Crippen LogP contribution in [0.15, 0.2) is 53.3 Å². The minimum Gasteiger partial charge on any atom is -0.298 e. The van der Waals surface area contributed by atoms with E-state index in [1.54, 1.807) is 18.2 Å². The number of nitrogens with zero attached hydrogens (tertiary/aromatic N) is 2. The molecule has 0 atom stereocenters. The molecular weight excluding hydrogens is 354 g/mol. The summed E-state index contributed by atoms with van der Waals surface area (Å²) in [5.41, 5.74) is 0.372. The number of aromatic nitrogens is 2. The standard InChI is InChI=1S/C17H9Cl2FN2O2/c18-14-5-4-10(6-15(14)19)16-7-11(9-23)17(24)22(21-16)13-3-1-2-12(20)8-13/h1-9H. The zero-order valence-corrected chi connectivity index (χ0v) is 13.6. The van der Waals surface area contributed by atoms with Crippen LogP contribution < -0.4 is 5.56 Å². The van der Waals surface area contributed by atoms with E-state index in [4.69, 9.17) is 23.2 Å². The van der Waals surface area contributed by atoms with Gasteiger partial charge in [-0.1, -0.05) is 35.3 Å². The summed E-state index contributed by atoms with van der Waals surface area (Å²) in [4.78, 5) is 23.5. The number of aldehydes is 1. The SMILES string of the molecule is O=Cc1cc(-c2ccc(Cl)c(Cl)c2)nn(-c2cccc(F)c2)c1=O. The Balaban J connectivity index is 2.25. The second-order valence-corrected chi connectivity index (χ2v) is 5.74. The number of carbonyl (C=O) groups excluding carboxylic acids is 1. The molecule has 2 aromatic carbocycles. The van der Waals surface area contributed by atoms with E-state index in [0.717, 1.165) is 10.7 Å². The molecule has 4 nitrogen and oxygen atoms in total. The lowest BCUT2D eigenvalue weighted by atomic mass is 10.1. The van der Waals surface area contributed by atoms with E-state index in [0.29, 0.717) is 27.6 Å². The summed E-state index contributed by atoms with van der Waals surface area (Å²) in [5, 5.41) is 4.89. The van der Waals surface area contributed by atoms with Crippen molar-refractivity contribution < 1.29 is 9.18 Å². The molecule has 7 heteroatoms. The molecule has 3 rings (SSSR count). The van der Waals surface area contributed by atoms with E-state index in [9.17, 15) is 14.0 Å². The van der Waals surface area contributed by atoms with Crippen molar-refractivity contribution in [2.24, 2.45) is 0 Å². The molecule has 0 aliphatic carbocycles. The highest BCUT2D eigenvalue weighted by molar-refractivity contribution is 6.42. The van der Waals surface area contributed by atoms with Crippen LogP contribution in [-0.4, -0.2) is 16.1 Å². The maximum absolute atomic E-state index is 13.4. The van der Waals surface area contributed by atoms with E-state index in [-0.39, 0.29) is 11.3 Å². The van der Waals surface area contributed by atoms with Gasteiger partial charge < -0.3 is 0 Å². The molecule has 1 heterocycles. The quantitative estimate of drug-likeness (QED) is 0.657. The van der Waals surface area contributed by atoms with Crippen molar-refractivity contribution in [1.29, 1.82) is 0 Å². The van der Waals surface area contributed by atoms with Crippen molar-refractivity contribution in [2.75, 3.05) is 0 Å². The normalized spacial score (nSPS) is 10.6. The van der Waals surface area contributed by atoms with E-state index >= 15 is 0 Å². The van der Waals surface area contributed by atoms with E-state index in [1.807, 2.05) is 0 Å². The summed E-state index contributed by atoms with van der Waals surface area (Å²) < 4.78 is 14.4. The molecule has 0 fully saturated rings. The van der Waals surface area contributed by atoms with E-state index in [2.05, 4.69) is 5.10 Å². The molecule has 1 aromatic heterocycles. The summed E-state index contributed by atoms with van der Waals surface area (Å²) in [6.07, 6.45) is 0.431. The minimum absolute atomic E-state index is 0.102. The topological polar surface area (TPSA) is 52.0 Å². The van der Waals surface area contributed by atoms with Gasteiger partial charge in [0.25, 0.3) is 5.56 Å². The number of hydrogen-bond donors (Lipinski definition) is 0. The molecule has 0 radical (unpaired) electrons. The molecule has 0 N–H and O–H groups in total. The van der Waals surface area contributed by atoms with Crippen molar-refractivity contribution in [3.8, 4) is 16.9 Å². The van der Waals surface area contributed by atoms with Gasteiger partial charge in [-0.15, -0.1) is 0 Å². The number of benzene rings is 2. The second kappa shape index (κ2) is 6.55. The fourth-order valence-electron chi connectivity index (χ4n) is 2.18. The van der Waals surface area contributed by atoms with Crippen molar-refractivity contribution in [3.05, 3.63) is 80.3 Å². The highest BCUT2D eigenvalue weighted by atomic mass is 35.5. The van der Waals surface area contributed by atoms with Crippen molar-refractivity contribution in [1.82, 2.24) is 9.78 Å². The van der Waals surface area contributed by atoms with Gasteiger partial charge in [0.05, 0.1) is 27.0 Å².